The van der Waals surface area contributed by atoms with Crippen molar-refractivity contribution in [3.05, 3.63) is 35.4 Å². The maximum Gasteiger partial charge on any atom is 0.335 e. The molecule has 1 fully saturated rings. The summed E-state index contributed by atoms with van der Waals surface area (Å²) in [5, 5.41) is 8.99. The van der Waals surface area contributed by atoms with Crippen LogP contribution in [0.2, 0.25) is 0 Å². The molecule has 0 bridgehead atoms. The molecule has 0 atom stereocenters. The third-order valence-corrected chi connectivity index (χ3v) is 3.72. The topological polar surface area (TPSA) is 43.8 Å². The van der Waals surface area contributed by atoms with E-state index in [4.69, 9.17) is 5.11 Å². The van der Waals surface area contributed by atoms with Gasteiger partial charge < -0.3 is 5.11 Å². The predicted molar refractivity (Wildman–Crippen MR) is 75.4 cm³/mol. The van der Waals surface area contributed by atoms with E-state index in [1.54, 1.807) is 12.1 Å². The van der Waals surface area contributed by atoms with Crippen LogP contribution in [-0.2, 0) is 6.54 Å². The van der Waals surface area contributed by atoms with Crippen molar-refractivity contribution in [3.8, 4) is 0 Å². The van der Waals surface area contributed by atoms with Gasteiger partial charge in [-0.25, -0.2) is 4.79 Å². The molecular weight excluding hydrogens is 240 g/mol. The molecule has 1 aromatic rings. The maximum absolute atomic E-state index is 10.9. The molecule has 1 aromatic carbocycles. The Morgan fingerprint density at radius 2 is 1.95 bits per heavy atom. The minimum atomic E-state index is -0.855. The summed E-state index contributed by atoms with van der Waals surface area (Å²) in [6.45, 7) is 9.59. The highest BCUT2D eigenvalue weighted by molar-refractivity contribution is 5.87. The second-order valence-electron chi connectivity index (χ2n) is 5.41. The van der Waals surface area contributed by atoms with E-state index in [0.717, 1.165) is 38.3 Å². The smallest absolute Gasteiger partial charge is 0.335 e. The zero-order valence-corrected chi connectivity index (χ0v) is 11.7. The van der Waals surface area contributed by atoms with Gasteiger partial charge in [0.1, 0.15) is 0 Å². The average Bonchev–Trinajstić information content (AvgIpc) is 2.39. The van der Waals surface area contributed by atoms with Gasteiger partial charge in [-0.15, -0.1) is 0 Å². The van der Waals surface area contributed by atoms with Crippen molar-refractivity contribution in [1.29, 1.82) is 0 Å². The van der Waals surface area contributed by atoms with Crippen molar-refractivity contribution in [2.24, 2.45) is 0 Å². The van der Waals surface area contributed by atoms with Crippen LogP contribution >= 0.6 is 0 Å². The van der Waals surface area contributed by atoms with Gasteiger partial charge in [0.2, 0.25) is 0 Å². The highest BCUT2D eigenvalue weighted by atomic mass is 16.4. The molecule has 0 amide bonds. The number of piperazine rings is 1. The van der Waals surface area contributed by atoms with Gasteiger partial charge in [-0.1, -0.05) is 12.1 Å². The Bertz CT molecular complexity index is 438. The number of carbonyl (C=O) groups is 1. The van der Waals surface area contributed by atoms with E-state index in [2.05, 4.69) is 23.6 Å². The molecule has 0 aliphatic carbocycles. The van der Waals surface area contributed by atoms with E-state index in [1.165, 1.54) is 0 Å². The average molecular weight is 262 g/mol. The molecule has 104 valence electrons. The first kappa shape index (κ1) is 14.0. The second-order valence-corrected chi connectivity index (χ2v) is 5.41. The lowest BCUT2D eigenvalue weighted by Gasteiger charge is -2.36. The van der Waals surface area contributed by atoms with Crippen molar-refractivity contribution in [1.82, 2.24) is 9.80 Å². The molecular formula is C15H22N2O2. The fourth-order valence-electron chi connectivity index (χ4n) is 2.50. The highest BCUT2D eigenvalue weighted by Crippen LogP contribution is 2.12. The first-order valence-electron chi connectivity index (χ1n) is 6.85. The van der Waals surface area contributed by atoms with Crippen molar-refractivity contribution in [2.75, 3.05) is 26.2 Å². The SMILES string of the molecule is CC(C)N1CCN(Cc2cccc(C(=O)O)c2)CC1. The van der Waals surface area contributed by atoms with E-state index >= 15 is 0 Å². The maximum atomic E-state index is 10.9. The molecule has 0 unspecified atom stereocenters. The largest absolute Gasteiger partial charge is 0.478 e. The number of benzene rings is 1. The molecule has 1 heterocycles. The van der Waals surface area contributed by atoms with E-state index in [1.807, 2.05) is 12.1 Å². The highest BCUT2D eigenvalue weighted by Gasteiger charge is 2.18. The number of carboxylic acid groups (broad SMARTS) is 1. The zero-order valence-electron chi connectivity index (χ0n) is 11.7. The Balaban J connectivity index is 1.92. The molecule has 0 saturated carbocycles. The minimum absolute atomic E-state index is 0.373. The van der Waals surface area contributed by atoms with Gasteiger partial charge in [0.15, 0.2) is 0 Å². The molecule has 1 aliphatic heterocycles. The normalized spacial score (nSPS) is 17.8. The third kappa shape index (κ3) is 3.78. The van der Waals surface area contributed by atoms with Crippen molar-refractivity contribution in [3.63, 3.8) is 0 Å². The molecule has 1 N–H and O–H groups in total. The van der Waals surface area contributed by atoms with Gasteiger partial charge in [0.05, 0.1) is 5.56 Å². The van der Waals surface area contributed by atoms with Gasteiger partial charge in [-0.2, -0.15) is 0 Å². The Morgan fingerprint density at radius 3 is 2.53 bits per heavy atom. The number of hydrogen-bond acceptors (Lipinski definition) is 3. The van der Waals surface area contributed by atoms with Crippen LogP contribution in [0.4, 0.5) is 0 Å². The molecule has 1 saturated heterocycles. The van der Waals surface area contributed by atoms with Gasteiger partial charge in [-0.05, 0) is 31.5 Å². The van der Waals surface area contributed by atoms with E-state index in [9.17, 15) is 4.79 Å². The van der Waals surface area contributed by atoms with Crippen molar-refractivity contribution >= 4 is 5.97 Å². The minimum Gasteiger partial charge on any atom is -0.478 e. The summed E-state index contributed by atoms with van der Waals surface area (Å²) in [6, 6.07) is 7.85. The van der Waals surface area contributed by atoms with Gasteiger partial charge in [0.25, 0.3) is 0 Å². The fraction of sp³-hybridized carbons (Fsp3) is 0.533. The summed E-state index contributed by atoms with van der Waals surface area (Å²) in [6.07, 6.45) is 0. The number of hydrogen-bond donors (Lipinski definition) is 1. The molecule has 2 rings (SSSR count). The molecule has 4 nitrogen and oxygen atoms in total. The Labute approximate surface area is 114 Å². The number of carboxylic acids is 1. The zero-order chi connectivity index (χ0) is 13.8. The lowest BCUT2D eigenvalue weighted by Crippen LogP contribution is -2.48. The summed E-state index contributed by atoms with van der Waals surface area (Å²) < 4.78 is 0. The van der Waals surface area contributed by atoms with Gasteiger partial charge >= 0.3 is 5.97 Å². The number of rotatable bonds is 4. The molecule has 0 spiro atoms. The molecule has 1 aliphatic rings. The molecule has 4 heteroatoms. The predicted octanol–water partition coefficient (Wildman–Crippen LogP) is 1.91. The standard InChI is InChI=1S/C15H22N2O2/c1-12(2)17-8-6-16(7-9-17)11-13-4-3-5-14(10-13)15(18)19/h3-5,10,12H,6-9,11H2,1-2H3,(H,18,19). The summed E-state index contributed by atoms with van der Waals surface area (Å²) >= 11 is 0. The van der Waals surface area contributed by atoms with Crippen LogP contribution in [0.3, 0.4) is 0 Å². The van der Waals surface area contributed by atoms with E-state index in [0.29, 0.717) is 11.6 Å². The quantitative estimate of drug-likeness (QED) is 0.900. The van der Waals surface area contributed by atoms with E-state index in [-0.39, 0.29) is 0 Å². The third-order valence-electron chi connectivity index (χ3n) is 3.72. The first-order chi connectivity index (χ1) is 9.06. The van der Waals surface area contributed by atoms with Crippen LogP contribution in [-0.4, -0.2) is 53.1 Å². The van der Waals surface area contributed by atoms with Crippen LogP contribution in [0.15, 0.2) is 24.3 Å². The van der Waals surface area contributed by atoms with E-state index < -0.39 is 5.97 Å². The van der Waals surface area contributed by atoms with Crippen LogP contribution < -0.4 is 0 Å². The van der Waals surface area contributed by atoms with Crippen LogP contribution in [0.5, 0.6) is 0 Å². The first-order valence-corrected chi connectivity index (χ1v) is 6.85. The molecule has 0 radical (unpaired) electrons. The molecule has 0 aromatic heterocycles. The summed E-state index contributed by atoms with van der Waals surface area (Å²) in [5.41, 5.74) is 1.45. The Hall–Kier alpha value is -1.39. The van der Waals surface area contributed by atoms with Crippen molar-refractivity contribution in [2.45, 2.75) is 26.4 Å². The summed E-state index contributed by atoms with van der Waals surface area (Å²) in [4.78, 5) is 15.8. The summed E-state index contributed by atoms with van der Waals surface area (Å²) in [5.74, 6) is -0.855. The molecule has 19 heavy (non-hydrogen) atoms. The van der Waals surface area contributed by atoms with Crippen LogP contribution in [0.1, 0.15) is 29.8 Å². The number of aromatic carboxylic acids is 1. The fourth-order valence-corrected chi connectivity index (χ4v) is 2.50. The lowest BCUT2D eigenvalue weighted by molar-refractivity contribution is 0.0696. The summed E-state index contributed by atoms with van der Waals surface area (Å²) in [7, 11) is 0. The lowest BCUT2D eigenvalue weighted by atomic mass is 10.1. The second kappa shape index (κ2) is 6.17. The van der Waals surface area contributed by atoms with Crippen LogP contribution in [0, 0.1) is 0 Å². The Kier molecular flexibility index (Phi) is 4.56. The van der Waals surface area contributed by atoms with Gasteiger partial charge in [-0.3, -0.25) is 9.80 Å². The van der Waals surface area contributed by atoms with Gasteiger partial charge in [0, 0.05) is 38.8 Å². The Morgan fingerprint density at radius 1 is 1.26 bits per heavy atom. The number of nitrogens with zero attached hydrogens (tertiary/aromatic N) is 2. The van der Waals surface area contributed by atoms with Crippen LogP contribution in [0.25, 0.3) is 0 Å². The monoisotopic (exact) mass is 262 g/mol. The van der Waals surface area contributed by atoms with Crippen molar-refractivity contribution < 1.29 is 9.90 Å².